The van der Waals surface area contributed by atoms with E-state index in [0.29, 0.717) is 17.2 Å². The van der Waals surface area contributed by atoms with Gasteiger partial charge in [-0.15, -0.1) is 0 Å². The zero-order chi connectivity index (χ0) is 21.4. The molecule has 0 aliphatic carbocycles. The predicted molar refractivity (Wildman–Crippen MR) is 107 cm³/mol. The van der Waals surface area contributed by atoms with Crippen molar-refractivity contribution in [2.45, 2.75) is 13.8 Å². The molecule has 0 spiro atoms. The van der Waals surface area contributed by atoms with Crippen LogP contribution in [0.3, 0.4) is 0 Å². The van der Waals surface area contributed by atoms with E-state index in [1.54, 1.807) is 6.07 Å². The first-order chi connectivity index (χ1) is 13.8. The molecule has 2 aromatic carbocycles. The average molecular weight is 400 g/mol. The van der Waals surface area contributed by atoms with Gasteiger partial charge in [0.05, 0.1) is 26.3 Å². The molecule has 0 saturated carbocycles. The van der Waals surface area contributed by atoms with Crippen molar-refractivity contribution in [3.8, 4) is 11.5 Å². The molecule has 154 valence electrons. The van der Waals surface area contributed by atoms with E-state index in [-0.39, 0.29) is 18.0 Å². The zero-order valence-electron chi connectivity index (χ0n) is 16.8. The minimum Gasteiger partial charge on any atom is -0.493 e. The monoisotopic (exact) mass is 400 g/mol. The molecule has 0 heterocycles. The first kappa shape index (κ1) is 21.7. The molecular formula is C21H24N2O6. The summed E-state index contributed by atoms with van der Waals surface area (Å²) in [7, 11) is 2.93. The molecule has 0 aromatic heterocycles. The van der Waals surface area contributed by atoms with E-state index in [2.05, 4.69) is 10.6 Å². The number of esters is 1. The molecule has 29 heavy (non-hydrogen) atoms. The van der Waals surface area contributed by atoms with Crippen LogP contribution in [0.1, 0.15) is 21.5 Å². The molecule has 2 aromatic rings. The standard InChI is InChI=1S/C21H24N2O6/c1-13-6-5-7-14(2)20(13)23-18(24)11-22-19(25)12-29-21(26)15-8-9-16(27-3)17(10-15)28-4/h5-10H,11-12H2,1-4H3,(H,22,25)(H,23,24). The van der Waals surface area contributed by atoms with Gasteiger partial charge in [-0.05, 0) is 43.2 Å². The Morgan fingerprint density at radius 2 is 1.55 bits per heavy atom. The van der Waals surface area contributed by atoms with Crippen LogP contribution < -0.4 is 20.1 Å². The van der Waals surface area contributed by atoms with Crippen LogP contribution in [-0.4, -0.2) is 45.2 Å². The van der Waals surface area contributed by atoms with Gasteiger partial charge in [0.25, 0.3) is 5.91 Å². The zero-order valence-corrected chi connectivity index (χ0v) is 16.8. The Morgan fingerprint density at radius 3 is 2.17 bits per heavy atom. The van der Waals surface area contributed by atoms with Crippen LogP contribution in [0.15, 0.2) is 36.4 Å². The van der Waals surface area contributed by atoms with Crippen molar-refractivity contribution in [1.82, 2.24) is 5.32 Å². The summed E-state index contributed by atoms with van der Waals surface area (Å²) in [6.07, 6.45) is 0. The molecule has 0 bridgehead atoms. The number of nitrogens with one attached hydrogen (secondary N) is 2. The predicted octanol–water partition coefficient (Wildman–Crippen LogP) is 2.23. The van der Waals surface area contributed by atoms with E-state index < -0.39 is 18.5 Å². The van der Waals surface area contributed by atoms with Gasteiger partial charge in [0.2, 0.25) is 5.91 Å². The number of para-hydroxylation sites is 1. The number of ether oxygens (including phenoxy) is 3. The lowest BCUT2D eigenvalue weighted by atomic mass is 10.1. The van der Waals surface area contributed by atoms with E-state index in [9.17, 15) is 14.4 Å². The Labute approximate surface area is 169 Å². The summed E-state index contributed by atoms with van der Waals surface area (Å²) in [6, 6.07) is 10.2. The van der Waals surface area contributed by atoms with Crippen molar-refractivity contribution >= 4 is 23.5 Å². The van der Waals surface area contributed by atoms with Crippen LogP contribution in [0.2, 0.25) is 0 Å². The SMILES string of the molecule is COc1ccc(C(=O)OCC(=O)NCC(=O)Nc2c(C)cccc2C)cc1OC. The van der Waals surface area contributed by atoms with E-state index in [0.717, 1.165) is 11.1 Å². The van der Waals surface area contributed by atoms with Crippen molar-refractivity contribution in [2.24, 2.45) is 0 Å². The molecule has 0 saturated heterocycles. The highest BCUT2D eigenvalue weighted by Crippen LogP contribution is 2.27. The highest BCUT2D eigenvalue weighted by Gasteiger charge is 2.14. The van der Waals surface area contributed by atoms with Gasteiger partial charge >= 0.3 is 5.97 Å². The third-order valence-corrected chi connectivity index (χ3v) is 4.15. The number of carbonyl (C=O) groups excluding carboxylic acids is 3. The summed E-state index contributed by atoms with van der Waals surface area (Å²) < 4.78 is 15.2. The molecule has 0 atom stereocenters. The number of benzene rings is 2. The summed E-state index contributed by atoms with van der Waals surface area (Å²) >= 11 is 0. The minimum atomic E-state index is -0.693. The van der Waals surface area contributed by atoms with Crippen molar-refractivity contribution < 1.29 is 28.6 Å². The Hall–Kier alpha value is -3.55. The number of hydrogen-bond acceptors (Lipinski definition) is 6. The third-order valence-electron chi connectivity index (χ3n) is 4.15. The maximum Gasteiger partial charge on any atom is 0.338 e. The van der Waals surface area contributed by atoms with E-state index in [1.165, 1.54) is 26.4 Å². The van der Waals surface area contributed by atoms with Crippen LogP contribution in [0.4, 0.5) is 5.69 Å². The van der Waals surface area contributed by atoms with Crippen LogP contribution >= 0.6 is 0 Å². The van der Waals surface area contributed by atoms with Crippen LogP contribution in [0.5, 0.6) is 11.5 Å². The maximum atomic E-state index is 12.1. The van der Waals surface area contributed by atoms with E-state index in [4.69, 9.17) is 14.2 Å². The van der Waals surface area contributed by atoms with Gasteiger partial charge in [-0.25, -0.2) is 4.79 Å². The highest BCUT2D eigenvalue weighted by atomic mass is 16.5. The van der Waals surface area contributed by atoms with Crippen LogP contribution in [0.25, 0.3) is 0 Å². The van der Waals surface area contributed by atoms with Gasteiger partial charge in [0.15, 0.2) is 18.1 Å². The van der Waals surface area contributed by atoms with E-state index >= 15 is 0 Å². The third kappa shape index (κ3) is 5.97. The molecule has 0 fully saturated rings. The van der Waals surface area contributed by atoms with Gasteiger partial charge in [-0.3, -0.25) is 9.59 Å². The fraction of sp³-hybridized carbons (Fsp3) is 0.286. The molecule has 0 aliphatic rings. The number of rotatable bonds is 8. The molecular weight excluding hydrogens is 376 g/mol. The van der Waals surface area contributed by atoms with Crippen molar-refractivity contribution in [2.75, 3.05) is 32.7 Å². The van der Waals surface area contributed by atoms with Crippen molar-refractivity contribution in [3.63, 3.8) is 0 Å². The summed E-state index contributed by atoms with van der Waals surface area (Å²) in [4.78, 5) is 36.0. The Balaban J connectivity index is 1.82. The lowest BCUT2D eigenvalue weighted by molar-refractivity contribution is -0.126. The molecule has 8 nitrogen and oxygen atoms in total. The normalized spacial score (nSPS) is 10.1. The minimum absolute atomic E-state index is 0.211. The molecule has 0 aliphatic heterocycles. The molecule has 2 N–H and O–H groups in total. The maximum absolute atomic E-state index is 12.1. The smallest absolute Gasteiger partial charge is 0.338 e. The summed E-state index contributed by atoms with van der Waals surface area (Å²) in [6.45, 7) is 3.02. The Morgan fingerprint density at radius 1 is 0.897 bits per heavy atom. The van der Waals surface area contributed by atoms with Crippen molar-refractivity contribution in [3.05, 3.63) is 53.1 Å². The summed E-state index contributed by atoms with van der Waals surface area (Å²) in [5.41, 5.74) is 2.77. The first-order valence-corrected chi connectivity index (χ1v) is 8.87. The highest BCUT2D eigenvalue weighted by molar-refractivity contribution is 5.96. The second kappa shape index (κ2) is 10.1. The van der Waals surface area contributed by atoms with Crippen molar-refractivity contribution in [1.29, 1.82) is 0 Å². The average Bonchev–Trinajstić information content (AvgIpc) is 2.72. The van der Waals surface area contributed by atoms with Gasteiger partial charge in [-0.1, -0.05) is 18.2 Å². The van der Waals surface area contributed by atoms with E-state index in [1.807, 2.05) is 32.0 Å². The second-order valence-electron chi connectivity index (χ2n) is 6.24. The Bertz CT molecular complexity index is 890. The number of anilines is 1. The second-order valence-corrected chi connectivity index (χ2v) is 6.24. The van der Waals surface area contributed by atoms with Crippen LogP contribution in [0, 0.1) is 13.8 Å². The molecule has 2 amide bonds. The van der Waals surface area contributed by atoms with Gasteiger partial charge in [0, 0.05) is 5.69 Å². The number of hydrogen-bond donors (Lipinski definition) is 2. The molecule has 0 unspecified atom stereocenters. The van der Waals surface area contributed by atoms with Gasteiger partial charge < -0.3 is 24.8 Å². The Kier molecular flexibility index (Phi) is 7.59. The lowest BCUT2D eigenvalue weighted by Crippen LogP contribution is -2.35. The molecule has 0 radical (unpaired) electrons. The molecule has 2 rings (SSSR count). The largest absolute Gasteiger partial charge is 0.493 e. The number of aryl methyl sites for hydroxylation is 2. The number of carbonyl (C=O) groups is 3. The quantitative estimate of drug-likeness (QED) is 0.659. The fourth-order valence-electron chi connectivity index (χ4n) is 2.60. The van der Waals surface area contributed by atoms with Crippen LogP contribution in [-0.2, 0) is 14.3 Å². The lowest BCUT2D eigenvalue weighted by Gasteiger charge is -2.12. The number of amides is 2. The topological polar surface area (TPSA) is 103 Å². The number of methoxy groups -OCH3 is 2. The van der Waals surface area contributed by atoms with Gasteiger partial charge in [0.1, 0.15) is 0 Å². The summed E-state index contributed by atoms with van der Waals surface area (Å²) in [5.74, 6) is -0.815. The van der Waals surface area contributed by atoms with Gasteiger partial charge in [-0.2, -0.15) is 0 Å². The fourth-order valence-corrected chi connectivity index (χ4v) is 2.60. The first-order valence-electron chi connectivity index (χ1n) is 8.87. The molecule has 8 heteroatoms. The summed E-state index contributed by atoms with van der Waals surface area (Å²) in [5, 5.41) is 5.18.